The molecule has 0 radical (unpaired) electrons. The largest absolute Gasteiger partial charge is 0.486 e. The normalized spacial score (nSPS) is 29.0. The smallest absolute Gasteiger partial charge is 0.125 e. The van der Waals surface area contributed by atoms with Gasteiger partial charge in [-0.05, 0) is 49.8 Å². The molecular formula is C16H22ClNOS. The van der Waals surface area contributed by atoms with Crippen molar-refractivity contribution < 1.29 is 4.74 Å². The Bertz CT molecular complexity index is 474. The quantitative estimate of drug-likeness (QED) is 0.892. The summed E-state index contributed by atoms with van der Waals surface area (Å²) < 4.78 is 6.41. The van der Waals surface area contributed by atoms with E-state index in [1.807, 2.05) is 23.9 Å². The molecule has 1 aromatic rings. The molecule has 0 bridgehead atoms. The number of ether oxygens (including phenoxy) is 1. The average molecular weight is 312 g/mol. The molecule has 1 saturated heterocycles. The van der Waals surface area contributed by atoms with Crippen LogP contribution in [0.3, 0.4) is 0 Å². The SMILES string of the molecule is CCCNC1CC2(CCCSC2)Oc2ccc(Cl)cc21. The molecule has 2 aliphatic rings. The molecular weight excluding hydrogens is 290 g/mol. The highest BCUT2D eigenvalue weighted by molar-refractivity contribution is 7.99. The Morgan fingerprint density at radius 2 is 2.40 bits per heavy atom. The number of hydrogen-bond acceptors (Lipinski definition) is 3. The fourth-order valence-electron chi connectivity index (χ4n) is 3.21. The van der Waals surface area contributed by atoms with Crippen LogP contribution in [-0.4, -0.2) is 23.7 Å². The number of fused-ring (bicyclic) bond motifs is 1. The summed E-state index contributed by atoms with van der Waals surface area (Å²) in [6.07, 6.45) is 4.64. The fourth-order valence-corrected chi connectivity index (χ4v) is 4.58. The Kier molecular flexibility index (Phi) is 4.49. The minimum Gasteiger partial charge on any atom is -0.486 e. The number of thioether (sulfide) groups is 1. The van der Waals surface area contributed by atoms with Crippen LogP contribution in [0.4, 0.5) is 0 Å². The lowest BCUT2D eigenvalue weighted by Crippen LogP contribution is -2.47. The molecule has 110 valence electrons. The first-order valence-corrected chi connectivity index (χ1v) is 9.05. The molecule has 2 aliphatic heterocycles. The van der Waals surface area contributed by atoms with Crippen molar-refractivity contribution in [1.29, 1.82) is 0 Å². The van der Waals surface area contributed by atoms with Crippen LogP contribution in [0.1, 0.15) is 44.2 Å². The van der Waals surface area contributed by atoms with Crippen LogP contribution in [0, 0.1) is 0 Å². The second-order valence-electron chi connectivity index (χ2n) is 5.83. The molecule has 1 spiro atoms. The molecule has 3 rings (SSSR count). The van der Waals surface area contributed by atoms with Gasteiger partial charge in [0.1, 0.15) is 11.4 Å². The lowest BCUT2D eigenvalue weighted by atomic mass is 9.85. The van der Waals surface area contributed by atoms with Crippen LogP contribution in [0.5, 0.6) is 5.75 Å². The van der Waals surface area contributed by atoms with E-state index in [2.05, 4.69) is 18.3 Å². The van der Waals surface area contributed by atoms with Crippen LogP contribution in [-0.2, 0) is 0 Å². The van der Waals surface area contributed by atoms with Gasteiger partial charge in [-0.1, -0.05) is 18.5 Å². The summed E-state index contributed by atoms with van der Waals surface area (Å²) in [5, 5.41) is 4.47. The zero-order valence-corrected chi connectivity index (χ0v) is 13.5. The van der Waals surface area contributed by atoms with Gasteiger partial charge in [0.15, 0.2) is 0 Å². The number of benzene rings is 1. The molecule has 4 heteroatoms. The first-order chi connectivity index (χ1) is 9.72. The maximum absolute atomic E-state index is 6.41. The summed E-state index contributed by atoms with van der Waals surface area (Å²) in [6.45, 7) is 3.25. The Balaban J connectivity index is 1.90. The van der Waals surface area contributed by atoms with Crippen LogP contribution >= 0.6 is 23.4 Å². The molecule has 2 heterocycles. The first kappa shape index (κ1) is 14.6. The zero-order chi connectivity index (χ0) is 14.0. The number of nitrogens with one attached hydrogen (secondary N) is 1. The molecule has 2 nitrogen and oxygen atoms in total. The molecule has 0 aliphatic carbocycles. The van der Waals surface area contributed by atoms with E-state index in [0.29, 0.717) is 6.04 Å². The van der Waals surface area contributed by atoms with Crippen molar-refractivity contribution in [3.8, 4) is 5.75 Å². The minimum absolute atomic E-state index is 0.0230. The van der Waals surface area contributed by atoms with Crippen LogP contribution in [0.15, 0.2) is 18.2 Å². The van der Waals surface area contributed by atoms with E-state index in [-0.39, 0.29) is 5.60 Å². The van der Waals surface area contributed by atoms with Gasteiger partial charge in [0.2, 0.25) is 0 Å². The standard InChI is InChI=1S/C16H22ClNOS/c1-2-7-18-14-10-16(6-3-8-20-11-16)19-15-5-4-12(17)9-13(14)15/h4-5,9,14,18H,2-3,6-8,10-11H2,1H3. The second-order valence-corrected chi connectivity index (χ2v) is 7.38. The Hall–Kier alpha value is -0.380. The van der Waals surface area contributed by atoms with Crippen LogP contribution < -0.4 is 10.1 Å². The maximum Gasteiger partial charge on any atom is 0.125 e. The average Bonchev–Trinajstić information content (AvgIpc) is 2.46. The topological polar surface area (TPSA) is 21.3 Å². The lowest BCUT2D eigenvalue weighted by molar-refractivity contribution is 0.0413. The van der Waals surface area contributed by atoms with Crippen molar-refractivity contribution in [3.63, 3.8) is 0 Å². The highest BCUT2D eigenvalue weighted by Crippen LogP contribution is 2.45. The van der Waals surface area contributed by atoms with Gasteiger partial charge < -0.3 is 10.1 Å². The molecule has 0 amide bonds. The van der Waals surface area contributed by atoms with Crippen LogP contribution in [0.25, 0.3) is 0 Å². The molecule has 0 saturated carbocycles. The molecule has 2 atom stereocenters. The van der Waals surface area contributed by atoms with E-state index in [0.717, 1.165) is 35.9 Å². The molecule has 20 heavy (non-hydrogen) atoms. The van der Waals surface area contributed by atoms with Gasteiger partial charge >= 0.3 is 0 Å². The van der Waals surface area contributed by atoms with Gasteiger partial charge in [0, 0.05) is 28.8 Å². The van der Waals surface area contributed by atoms with Crippen molar-refractivity contribution in [2.45, 2.75) is 44.2 Å². The highest BCUT2D eigenvalue weighted by atomic mass is 35.5. The van der Waals surface area contributed by atoms with Crippen molar-refractivity contribution in [2.24, 2.45) is 0 Å². The number of rotatable bonds is 3. The molecule has 1 fully saturated rings. The fraction of sp³-hybridized carbons (Fsp3) is 0.625. The first-order valence-electron chi connectivity index (χ1n) is 7.52. The summed E-state index contributed by atoms with van der Waals surface area (Å²) in [4.78, 5) is 0. The van der Waals surface area contributed by atoms with Crippen molar-refractivity contribution in [3.05, 3.63) is 28.8 Å². The van der Waals surface area contributed by atoms with E-state index in [1.165, 1.54) is 24.2 Å². The van der Waals surface area contributed by atoms with E-state index >= 15 is 0 Å². The predicted octanol–water partition coefficient (Wildman–Crippen LogP) is 4.43. The summed E-state index contributed by atoms with van der Waals surface area (Å²) >= 11 is 8.19. The van der Waals surface area contributed by atoms with Crippen molar-refractivity contribution in [1.82, 2.24) is 5.32 Å². The monoisotopic (exact) mass is 311 g/mol. The number of hydrogen-bond donors (Lipinski definition) is 1. The van der Waals surface area contributed by atoms with Gasteiger partial charge in [0.05, 0.1) is 0 Å². The van der Waals surface area contributed by atoms with Gasteiger partial charge in [-0.15, -0.1) is 0 Å². The summed E-state index contributed by atoms with van der Waals surface area (Å²) in [6, 6.07) is 6.41. The van der Waals surface area contributed by atoms with Crippen LogP contribution in [0.2, 0.25) is 5.02 Å². The zero-order valence-electron chi connectivity index (χ0n) is 12.0. The van der Waals surface area contributed by atoms with Crippen molar-refractivity contribution >= 4 is 23.4 Å². The van der Waals surface area contributed by atoms with Gasteiger partial charge in [0.25, 0.3) is 0 Å². The third-order valence-electron chi connectivity index (χ3n) is 4.18. The van der Waals surface area contributed by atoms with Gasteiger partial charge in [-0.3, -0.25) is 0 Å². The third kappa shape index (κ3) is 2.95. The highest BCUT2D eigenvalue weighted by Gasteiger charge is 2.42. The Morgan fingerprint density at radius 3 is 3.15 bits per heavy atom. The lowest BCUT2D eigenvalue weighted by Gasteiger charge is -2.44. The van der Waals surface area contributed by atoms with E-state index in [9.17, 15) is 0 Å². The molecule has 0 aromatic heterocycles. The van der Waals surface area contributed by atoms with E-state index in [1.54, 1.807) is 0 Å². The van der Waals surface area contributed by atoms with Gasteiger partial charge in [-0.25, -0.2) is 0 Å². The summed E-state index contributed by atoms with van der Waals surface area (Å²) in [7, 11) is 0. The minimum atomic E-state index is 0.0230. The number of halogens is 1. The summed E-state index contributed by atoms with van der Waals surface area (Å²) in [5.41, 5.74) is 1.25. The summed E-state index contributed by atoms with van der Waals surface area (Å²) in [5.74, 6) is 3.40. The second kappa shape index (κ2) is 6.17. The molecule has 1 aromatic carbocycles. The van der Waals surface area contributed by atoms with Gasteiger partial charge in [-0.2, -0.15) is 11.8 Å². The predicted molar refractivity (Wildman–Crippen MR) is 87.0 cm³/mol. The molecule has 2 unspecified atom stereocenters. The maximum atomic E-state index is 6.41. The molecule has 1 N–H and O–H groups in total. The van der Waals surface area contributed by atoms with E-state index < -0.39 is 0 Å². The third-order valence-corrected chi connectivity index (χ3v) is 5.72. The Morgan fingerprint density at radius 1 is 1.50 bits per heavy atom. The van der Waals surface area contributed by atoms with E-state index in [4.69, 9.17) is 16.3 Å². The Labute approximate surface area is 130 Å². The van der Waals surface area contributed by atoms with Crippen molar-refractivity contribution in [2.75, 3.05) is 18.1 Å².